The minimum atomic E-state index is -0.0404. The molecule has 194 valence electrons. The van der Waals surface area contributed by atoms with Gasteiger partial charge in [0, 0.05) is 23.3 Å². The molecule has 0 amide bonds. The van der Waals surface area contributed by atoms with E-state index in [0.29, 0.717) is 0 Å². The molecule has 0 atom stereocenters. The quantitative estimate of drug-likeness (QED) is 0.174. The number of aromatic nitrogens is 1. The number of hydrogen-bond donors (Lipinski definition) is 0. The van der Waals surface area contributed by atoms with E-state index in [1.54, 1.807) is 6.20 Å². The van der Waals surface area contributed by atoms with Crippen LogP contribution in [0.15, 0.2) is 103 Å². The average molecular weight is 685 g/mol. The van der Waals surface area contributed by atoms with E-state index in [9.17, 15) is 0 Å². The molecule has 7 rings (SSSR count). The van der Waals surface area contributed by atoms with Crippen molar-refractivity contribution in [3.63, 3.8) is 0 Å². The molecule has 3 heterocycles. The second-order valence-electron chi connectivity index (χ2n) is 10.4. The molecule has 0 aliphatic carbocycles. The summed E-state index contributed by atoms with van der Waals surface area (Å²) in [4.78, 5) is 8.84. The monoisotopic (exact) mass is 685 g/mol. The molecule has 0 bridgehead atoms. The molecule has 4 heteroatoms. The summed E-state index contributed by atoms with van der Waals surface area (Å²) in [5.74, 6) is 0. The molecule has 4 aromatic carbocycles. The summed E-state index contributed by atoms with van der Waals surface area (Å²) >= 11 is 0. The Kier molecular flexibility index (Phi) is 7.44. The number of pyridine rings is 1. The van der Waals surface area contributed by atoms with Gasteiger partial charge < -0.3 is 14.8 Å². The van der Waals surface area contributed by atoms with E-state index in [0.717, 1.165) is 16.9 Å². The number of rotatable bonds is 2. The van der Waals surface area contributed by atoms with Crippen molar-refractivity contribution in [2.24, 2.45) is 0 Å². The Labute approximate surface area is 245 Å². The van der Waals surface area contributed by atoms with Crippen molar-refractivity contribution >= 4 is 22.7 Å². The molecule has 0 radical (unpaired) electrons. The first kappa shape index (κ1) is 26.9. The van der Waals surface area contributed by atoms with E-state index >= 15 is 0 Å². The van der Waals surface area contributed by atoms with Crippen LogP contribution >= 0.6 is 0 Å². The van der Waals surface area contributed by atoms with Crippen LogP contribution in [0.4, 0.5) is 22.7 Å². The van der Waals surface area contributed by atoms with Gasteiger partial charge in [0.1, 0.15) is 0 Å². The molecule has 0 saturated carbocycles. The Balaban J connectivity index is 0.000000200. The minimum absolute atomic E-state index is 0. The summed E-state index contributed by atoms with van der Waals surface area (Å²) in [7, 11) is 0. The van der Waals surface area contributed by atoms with Crippen LogP contribution in [0.3, 0.4) is 0 Å². The van der Waals surface area contributed by atoms with Crippen LogP contribution in [-0.2, 0) is 25.5 Å². The van der Waals surface area contributed by atoms with Gasteiger partial charge in [0.2, 0.25) is 0 Å². The fourth-order valence-corrected chi connectivity index (χ4v) is 5.54. The molecule has 2 aliphatic heterocycles. The summed E-state index contributed by atoms with van der Waals surface area (Å²) in [6.45, 7) is 11.2. The van der Waals surface area contributed by atoms with E-state index < -0.39 is 0 Å². The molecule has 0 N–H and O–H groups in total. The standard InChI is InChI=1S/C24H22N2.C11H8N.Ir/c1-16-12-17(2)14-18(13-16)25-15-26-21-10-6-5-8-19(21)24(3,4)20-9-7-11-22(25)23(20)26;1-2-6-10(7-3-1)11-8-4-5-9-12-11;/h5-9,11-15H,1-4H3;1-6,8-9H;/q-2;-1;+3. The summed E-state index contributed by atoms with van der Waals surface area (Å²) in [5.41, 5.74) is 12.1. The van der Waals surface area contributed by atoms with E-state index in [-0.39, 0.29) is 25.5 Å². The zero-order chi connectivity index (χ0) is 26.3. The first-order chi connectivity index (χ1) is 18.4. The predicted molar refractivity (Wildman–Crippen MR) is 157 cm³/mol. The van der Waals surface area contributed by atoms with Crippen LogP contribution in [0.5, 0.6) is 0 Å². The number of hydrogen-bond acceptors (Lipinski definition) is 3. The first-order valence-electron chi connectivity index (χ1n) is 13.0. The molecule has 0 spiro atoms. The molecule has 39 heavy (non-hydrogen) atoms. The fraction of sp³-hybridized carbons (Fsp3) is 0.143. The van der Waals surface area contributed by atoms with Gasteiger partial charge in [-0.25, -0.2) is 0 Å². The number of benzene rings is 4. The summed E-state index contributed by atoms with van der Waals surface area (Å²) < 4.78 is 0. The maximum atomic E-state index is 4.22. The number of para-hydroxylation sites is 2. The van der Waals surface area contributed by atoms with Gasteiger partial charge in [0.05, 0.1) is 0 Å². The average Bonchev–Trinajstić information content (AvgIpc) is 3.33. The van der Waals surface area contributed by atoms with Crippen LogP contribution in [0, 0.1) is 32.6 Å². The van der Waals surface area contributed by atoms with Gasteiger partial charge in [0.15, 0.2) is 0 Å². The fourth-order valence-electron chi connectivity index (χ4n) is 5.54. The van der Waals surface area contributed by atoms with Gasteiger partial charge in [0.25, 0.3) is 0 Å². The number of anilines is 4. The van der Waals surface area contributed by atoms with E-state index in [1.807, 2.05) is 48.5 Å². The van der Waals surface area contributed by atoms with Gasteiger partial charge in [-0.15, -0.1) is 53.8 Å². The Bertz CT molecular complexity index is 1540. The van der Waals surface area contributed by atoms with Crippen LogP contribution in [-0.4, -0.2) is 4.98 Å². The Hall–Kier alpha value is -3.72. The van der Waals surface area contributed by atoms with Gasteiger partial charge in [-0.3, -0.25) is 0 Å². The third-order valence-corrected chi connectivity index (χ3v) is 7.30. The van der Waals surface area contributed by atoms with Crippen molar-refractivity contribution < 1.29 is 20.1 Å². The van der Waals surface area contributed by atoms with Crippen molar-refractivity contribution in [3.8, 4) is 11.3 Å². The summed E-state index contributed by atoms with van der Waals surface area (Å²) in [6.07, 6.45) is 1.79. The third kappa shape index (κ3) is 4.91. The topological polar surface area (TPSA) is 19.4 Å². The maximum absolute atomic E-state index is 4.22. The molecule has 0 fully saturated rings. The largest absolute Gasteiger partial charge is 3.00 e. The molecule has 5 aromatic rings. The van der Waals surface area contributed by atoms with Gasteiger partial charge in [-0.1, -0.05) is 44.2 Å². The predicted octanol–water partition coefficient (Wildman–Crippen LogP) is 8.70. The van der Waals surface area contributed by atoms with E-state index in [1.165, 1.54) is 39.3 Å². The maximum Gasteiger partial charge on any atom is 3.00 e. The molecule has 1 aromatic heterocycles. The zero-order valence-corrected chi connectivity index (χ0v) is 25.0. The molecular weight excluding hydrogens is 655 g/mol. The van der Waals surface area contributed by atoms with Gasteiger partial charge >= 0.3 is 20.1 Å². The van der Waals surface area contributed by atoms with Gasteiger partial charge in [-0.05, 0) is 65.9 Å². The number of aryl methyl sites for hydroxylation is 2. The Morgan fingerprint density at radius 2 is 1.49 bits per heavy atom. The SMILES string of the molecule is Cc1cc(C)cc(N2[CH-]N3c4[c-]cccc4C(C)(C)c4cccc2c43)c1.[Ir+3].[c-]1ccccc1-c1ccccn1. The second-order valence-corrected chi connectivity index (χ2v) is 10.4. The van der Waals surface area contributed by atoms with Crippen molar-refractivity contribution in [1.29, 1.82) is 0 Å². The first-order valence-corrected chi connectivity index (χ1v) is 13.0. The molecule has 3 nitrogen and oxygen atoms in total. The number of fused-ring (bicyclic) bond motifs is 2. The molecule has 0 unspecified atom stereocenters. The van der Waals surface area contributed by atoms with E-state index in [2.05, 4.69) is 110 Å². The smallest absolute Gasteiger partial charge is 0.493 e. The summed E-state index contributed by atoms with van der Waals surface area (Å²) in [5, 5.41) is 0. The Morgan fingerprint density at radius 3 is 2.21 bits per heavy atom. The van der Waals surface area contributed by atoms with Crippen molar-refractivity contribution in [2.45, 2.75) is 33.1 Å². The van der Waals surface area contributed by atoms with Crippen molar-refractivity contribution in [1.82, 2.24) is 4.98 Å². The molecule has 2 aliphatic rings. The van der Waals surface area contributed by atoms with Crippen molar-refractivity contribution in [3.05, 3.63) is 144 Å². The van der Waals surface area contributed by atoms with Gasteiger partial charge in [-0.2, -0.15) is 24.3 Å². The second kappa shape index (κ2) is 10.8. The zero-order valence-electron chi connectivity index (χ0n) is 22.6. The van der Waals surface area contributed by atoms with Crippen LogP contribution in [0.25, 0.3) is 11.3 Å². The third-order valence-electron chi connectivity index (χ3n) is 7.30. The van der Waals surface area contributed by atoms with Crippen LogP contribution in [0.2, 0.25) is 0 Å². The minimum Gasteiger partial charge on any atom is -0.493 e. The molecule has 0 saturated heterocycles. The van der Waals surface area contributed by atoms with Crippen LogP contribution < -0.4 is 9.80 Å². The normalized spacial score (nSPS) is 13.9. The Morgan fingerprint density at radius 1 is 0.744 bits per heavy atom. The molecular formula is C35H30IrN3. The summed E-state index contributed by atoms with van der Waals surface area (Å²) in [6, 6.07) is 40.0. The van der Waals surface area contributed by atoms with Crippen LogP contribution in [0.1, 0.15) is 36.1 Å². The van der Waals surface area contributed by atoms with E-state index in [4.69, 9.17) is 0 Å². The number of nitrogens with zero attached hydrogens (tertiary/aromatic N) is 3. The van der Waals surface area contributed by atoms with Crippen molar-refractivity contribution in [2.75, 3.05) is 9.80 Å².